The number of pyridine rings is 1. The Kier molecular flexibility index (Phi) is 11.6. The third kappa shape index (κ3) is 8.92. The van der Waals surface area contributed by atoms with Gasteiger partial charge in [0.25, 0.3) is 0 Å². The lowest BCUT2D eigenvalue weighted by molar-refractivity contribution is -0.671. The second kappa shape index (κ2) is 12.3. The van der Waals surface area contributed by atoms with E-state index in [0.717, 1.165) is 6.29 Å². The predicted molar refractivity (Wildman–Crippen MR) is 98.2 cm³/mol. The van der Waals surface area contributed by atoms with E-state index in [1.54, 1.807) is 12.1 Å². The second-order valence-corrected chi connectivity index (χ2v) is 5.29. The lowest BCUT2D eigenvalue weighted by atomic mass is 10.2. The van der Waals surface area contributed by atoms with Gasteiger partial charge in [-0.3, -0.25) is 4.79 Å². The van der Waals surface area contributed by atoms with E-state index in [9.17, 15) is 4.79 Å². The average Bonchev–Trinajstić information content (AvgIpc) is 2.91. The van der Waals surface area contributed by atoms with Crippen molar-refractivity contribution in [3.05, 3.63) is 48.8 Å². The van der Waals surface area contributed by atoms with Crippen LogP contribution < -0.4 is 9.13 Å². The lowest BCUT2D eigenvalue weighted by Crippen LogP contribution is -2.25. The molecule has 22 heavy (non-hydrogen) atoms. The second-order valence-electron chi connectivity index (χ2n) is 5.29. The molecule has 0 atom stereocenters. The van der Waals surface area contributed by atoms with Gasteiger partial charge in [0.15, 0.2) is 18.7 Å². The Hall–Kier alpha value is -1.24. The topological polar surface area (TPSA) is 29.8 Å². The smallest absolute Gasteiger partial charge is 0.243 e. The highest BCUT2D eigenvalue weighted by molar-refractivity contribution is 14.0. The molecule has 2 rings (SSSR count). The zero-order valence-corrected chi connectivity index (χ0v) is 16.1. The maximum Gasteiger partial charge on any atom is 0.243 e. The Bertz CT molecular complexity index is 523. The van der Waals surface area contributed by atoms with Crippen LogP contribution in [0.3, 0.4) is 0 Å². The molecule has 2 aromatic heterocycles. The van der Waals surface area contributed by atoms with Crippen LogP contribution in [0.4, 0.5) is 0 Å². The summed E-state index contributed by atoms with van der Waals surface area (Å²) >= 11 is 0. The quantitative estimate of drug-likeness (QED) is 0.308. The highest BCUT2D eigenvalue weighted by Crippen LogP contribution is 2.00. The Balaban J connectivity index is 0.000000397. The van der Waals surface area contributed by atoms with Gasteiger partial charge in [-0.25, -0.2) is 13.7 Å². The van der Waals surface area contributed by atoms with Gasteiger partial charge in [0.2, 0.25) is 6.33 Å². The van der Waals surface area contributed by atoms with Gasteiger partial charge >= 0.3 is 0 Å². The predicted octanol–water partition coefficient (Wildman–Crippen LogP) is 2.83. The molecule has 0 aliphatic rings. The summed E-state index contributed by atoms with van der Waals surface area (Å²) in [7, 11) is 3.97. The fourth-order valence-corrected chi connectivity index (χ4v) is 1.95. The first kappa shape index (κ1) is 20.8. The first-order chi connectivity index (χ1) is 10.2. The van der Waals surface area contributed by atoms with E-state index < -0.39 is 0 Å². The molecule has 0 fully saturated rings. The van der Waals surface area contributed by atoms with E-state index in [0.29, 0.717) is 5.56 Å². The minimum atomic E-state index is 0. The molecule has 4 nitrogen and oxygen atoms in total. The standard InChI is InChI=1S/C10H19N2.C7H8NO.HI/c1-3-4-5-6-7-12-9-8-11(2)10-12;1-8-4-2-7(6-9)3-5-8;/h8-10H,3-7H2,1-2H3;2-6H,1H3;1H/q2*+1;. The highest BCUT2D eigenvalue weighted by Gasteiger charge is 1.98. The van der Waals surface area contributed by atoms with Crippen molar-refractivity contribution in [2.45, 2.75) is 39.2 Å². The molecule has 2 aromatic rings. The average molecular weight is 417 g/mol. The van der Waals surface area contributed by atoms with E-state index in [-0.39, 0.29) is 24.0 Å². The van der Waals surface area contributed by atoms with Gasteiger partial charge in [-0.15, -0.1) is 24.0 Å². The minimum absolute atomic E-state index is 0. The van der Waals surface area contributed by atoms with Crippen LogP contribution in [0.1, 0.15) is 43.0 Å². The Morgan fingerprint density at radius 3 is 2.23 bits per heavy atom. The summed E-state index contributed by atoms with van der Waals surface area (Å²) < 4.78 is 6.21. The van der Waals surface area contributed by atoms with Crippen LogP contribution >= 0.6 is 24.0 Å². The number of hydrogen-bond donors (Lipinski definition) is 0. The van der Waals surface area contributed by atoms with Crippen molar-refractivity contribution in [3.63, 3.8) is 0 Å². The van der Waals surface area contributed by atoms with E-state index in [4.69, 9.17) is 0 Å². The Morgan fingerprint density at radius 2 is 1.73 bits per heavy atom. The molecular weight excluding hydrogens is 389 g/mol. The maximum atomic E-state index is 10.1. The van der Waals surface area contributed by atoms with Crippen molar-refractivity contribution in [3.8, 4) is 0 Å². The van der Waals surface area contributed by atoms with Crippen molar-refractivity contribution in [2.24, 2.45) is 14.1 Å². The SMILES string of the molecule is CCCCCCn1cc[n+](C)c1.C[n+]1ccc(C=O)cc1.I. The Labute approximate surface area is 150 Å². The highest BCUT2D eigenvalue weighted by atomic mass is 127. The fourth-order valence-electron chi connectivity index (χ4n) is 1.95. The summed E-state index contributed by atoms with van der Waals surface area (Å²) in [4.78, 5) is 10.1. The summed E-state index contributed by atoms with van der Waals surface area (Å²) in [5.41, 5.74) is 0.716. The zero-order chi connectivity index (χ0) is 15.5. The molecule has 0 radical (unpaired) electrons. The molecule has 0 spiro atoms. The van der Waals surface area contributed by atoms with Crippen molar-refractivity contribution in [1.82, 2.24) is 4.57 Å². The number of imidazole rings is 1. The number of hydrogen-bond acceptors (Lipinski definition) is 1. The lowest BCUT2D eigenvalue weighted by Gasteiger charge is -1.95. The molecule has 0 unspecified atom stereocenters. The minimum Gasteiger partial charge on any atom is -0.298 e. The summed E-state index contributed by atoms with van der Waals surface area (Å²) in [6.45, 7) is 3.41. The van der Waals surface area contributed by atoms with E-state index in [1.165, 1.54) is 32.2 Å². The molecule has 0 N–H and O–H groups in total. The number of halogens is 1. The third-order valence-corrected chi connectivity index (χ3v) is 3.23. The molecular formula is C17H28IN3O+2. The van der Waals surface area contributed by atoms with Gasteiger partial charge in [-0.05, 0) is 12.8 Å². The molecule has 0 saturated carbocycles. The molecule has 0 saturated heterocycles. The molecule has 0 aliphatic heterocycles. The van der Waals surface area contributed by atoms with Crippen LogP contribution in [0.5, 0.6) is 0 Å². The van der Waals surface area contributed by atoms with Gasteiger partial charge < -0.3 is 0 Å². The Morgan fingerprint density at radius 1 is 1.05 bits per heavy atom. The van der Waals surface area contributed by atoms with Gasteiger partial charge in [-0.1, -0.05) is 19.8 Å². The first-order valence-electron chi connectivity index (χ1n) is 7.57. The van der Waals surface area contributed by atoms with Crippen LogP contribution in [0, 0.1) is 0 Å². The van der Waals surface area contributed by atoms with E-state index in [1.807, 2.05) is 24.0 Å². The third-order valence-electron chi connectivity index (χ3n) is 3.23. The largest absolute Gasteiger partial charge is 0.298 e. The number of aromatic nitrogens is 3. The monoisotopic (exact) mass is 417 g/mol. The van der Waals surface area contributed by atoms with Crippen LogP contribution in [0.15, 0.2) is 43.2 Å². The number of unbranched alkanes of at least 4 members (excludes halogenated alkanes) is 3. The molecule has 122 valence electrons. The van der Waals surface area contributed by atoms with Crippen LogP contribution in [-0.2, 0) is 20.6 Å². The number of aldehydes is 1. The van der Waals surface area contributed by atoms with Gasteiger partial charge in [0.05, 0.1) is 13.6 Å². The van der Waals surface area contributed by atoms with E-state index >= 15 is 0 Å². The zero-order valence-electron chi connectivity index (χ0n) is 13.8. The molecule has 0 amide bonds. The van der Waals surface area contributed by atoms with Crippen LogP contribution in [0.2, 0.25) is 0 Å². The number of carbonyl (C=O) groups is 1. The summed E-state index contributed by atoms with van der Waals surface area (Å²) in [6, 6.07) is 3.54. The number of carbonyl (C=O) groups excluding carboxylic acids is 1. The van der Waals surface area contributed by atoms with Gasteiger partial charge in [0.1, 0.15) is 19.4 Å². The maximum absolute atomic E-state index is 10.1. The van der Waals surface area contributed by atoms with Gasteiger partial charge in [0, 0.05) is 17.7 Å². The van der Waals surface area contributed by atoms with Crippen molar-refractivity contribution in [1.29, 1.82) is 0 Å². The number of nitrogens with zero attached hydrogens (tertiary/aromatic N) is 3. The van der Waals surface area contributed by atoms with Crippen molar-refractivity contribution >= 4 is 30.3 Å². The molecule has 5 heteroatoms. The fraction of sp³-hybridized carbons (Fsp3) is 0.471. The first-order valence-corrected chi connectivity index (χ1v) is 7.57. The normalized spacial score (nSPS) is 9.41. The number of rotatable bonds is 6. The molecule has 0 bridgehead atoms. The van der Waals surface area contributed by atoms with E-state index in [2.05, 4.69) is 41.8 Å². The van der Waals surface area contributed by atoms with Crippen LogP contribution in [0.25, 0.3) is 0 Å². The molecule has 0 aromatic carbocycles. The van der Waals surface area contributed by atoms with Crippen molar-refractivity contribution < 1.29 is 13.9 Å². The summed E-state index contributed by atoms with van der Waals surface area (Å²) in [6.07, 6.45) is 16.2. The summed E-state index contributed by atoms with van der Waals surface area (Å²) in [5.74, 6) is 0. The van der Waals surface area contributed by atoms with Crippen molar-refractivity contribution in [2.75, 3.05) is 0 Å². The molecule has 2 heterocycles. The van der Waals surface area contributed by atoms with Crippen LogP contribution in [-0.4, -0.2) is 10.9 Å². The molecule has 0 aliphatic carbocycles. The number of aryl methyl sites for hydroxylation is 3. The van der Waals surface area contributed by atoms with Gasteiger partial charge in [-0.2, -0.15) is 0 Å². The summed E-state index contributed by atoms with van der Waals surface area (Å²) in [5, 5.41) is 0.